The van der Waals surface area contributed by atoms with E-state index >= 15 is 0 Å². The number of aromatic amines is 1. The van der Waals surface area contributed by atoms with Gasteiger partial charge in [-0.3, -0.25) is 10.4 Å². The minimum atomic E-state index is -0.197. The number of aromatic nitrogens is 6. The zero-order chi connectivity index (χ0) is 17.9. The van der Waals surface area contributed by atoms with Gasteiger partial charge in [0.2, 0.25) is 5.95 Å². The highest BCUT2D eigenvalue weighted by Gasteiger charge is 2.30. The van der Waals surface area contributed by atoms with E-state index in [1.807, 2.05) is 37.3 Å². The quantitative estimate of drug-likeness (QED) is 0.745. The van der Waals surface area contributed by atoms with Crippen molar-refractivity contribution in [3.63, 3.8) is 0 Å². The predicted octanol–water partition coefficient (Wildman–Crippen LogP) is 1.77. The lowest BCUT2D eigenvalue weighted by Crippen LogP contribution is -2.33. The summed E-state index contributed by atoms with van der Waals surface area (Å²) in [6.45, 7) is 3.73. The summed E-state index contributed by atoms with van der Waals surface area (Å²) >= 11 is 0. The number of nitrogens with zero attached hydrogens (tertiary/aromatic N) is 6. The second kappa shape index (κ2) is 6.95. The molecule has 1 atom stereocenters. The molecule has 2 aromatic heterocycles. The molecule has 3 heterocycles. The molecule has 26 heavy (non-hydrogen) atoms. The van der Waals surface area contributed by atoms with Gasteiger partial charge in [0.05, 0.1) is 6.54 Å². The molecule has 134 valence electrons. The molecule has 0 spiro atoms. The summed E-state index contributed by atoms with van der Waals surface area (Å²) in [6.07, 6.45) is 2.46. The Kier molecular flexibility index (Phi) is 4.34. The fraction of sp³-hybridized carbons (Fsp3) is 0.353. The Morgan fingerprint density at radius 1 is 1.35 bits per heavy atom. The van der Waals surface area contributed by atoms with Crippen LogP contribution in [0.4, 0.5) is 10.7 Å². The highest BCUT2D eigenvalue weighted by atomic mass is 16.2. The molecule has 1 saturated heterocycles. The summed E-state index contributed by atoms with van der Waals surface area (Å²) < 4.78 is 1.70. The van der Waals surface area contributed by atoms with Gasteiger partial charge in [-0.1, -0.05) is 30.3 Å². The van der Waals surface area contributed by atoms with Crippen molar-refractivity contribution in [3.05, 3.63) is 53.9 Å². The molecule has 1 unspecified atom stereocenters. The molecule has 0 saturated carbocycles. The Morgan fingerprint density at radius 3 is 2.96 bits per heavy atom. The number of H-pyrrole nitrogens is 1. The van der Waals surface area contributed by atoms with Gasteiger partial charge in [0.25, 0.3) is 0 Å². The van der Waals surface area contributed by atoms with Crippen LogP contribution in [-0.4, -0.2) is 54.0 Å². The van der Waals surface area contributed by atoms with E-state index in [0.29, 0.717) is 25.6 Å². The monoisotopic (exact) mass is 352 g/mol. The maximum atomic E-state index is 12.4. The van der Waals surface area contributed by atoms with E-state index in [-0.39, 0.29) is 11.9 Å². The maximum absolute atomic E-state index is 12.4. The van der Waals surface area contributed by atoms with Gasteiger partial charge in [-0.15, -0.1) is 5.10 Å². The summed E-state index contributed by atoms with van der Waals surface area (Å²) in [5.74, 6) is 2.02. The molecule has 4 rings (SSSR count). The number of amides is 2. The largest absolute Gasteiger partial charge is 0.324 e. The number of benzene rings is 1. The number of likely N-dealkylation sites (tertiary alicyclic amines) is 1. The van der Waals surface area contributed by atoms with Gasteiger partial charge in [0, 0.05) is 19.0 Å². The number of carbonyl (C=O) groups excluding carboxylic acids is 1. The lowest BCUT2D eigenvalue weighted by Gasteiger charge is -2.15. The lowest BCUT2D eigenvalue weighted by atomic mass is 10.1. The Morgan fingerprint density at radius 2 is 2.19 bits per heavy atom. The van der Waals surface area contributed by atoms with E-state index in [1.54, 1.807) is 15.9 Å². The lowest BCUT2D eigenvalue weighted by molar-refractivity contribution is 0.221. The first-order valence-electron chi connectivity index (χ1n) is 8.55. The van der Waals surface area contributed by atoms with Gasteiger partial charge in [-0.25, -0.2) is 19.4 Å². The third-order valence-corrected chi connectivity index (χ3v) is 4.40. The van der Waals surface area contributed by atoms with Crippen molar-refractivity contribution in [2.45, 2.75) is 25.8 Å². The van der Waals surface area contributed by atoms with Crippen molar-refractivity contribution in [2.24, 2.45) is 0 Å². The van der Waals surface area contributed by atoms with Gasteiger partial charge in [-0.05, 0) is 18.9 Å². The van der Waals surface area contributed by atoms with Crippen LogP contribution in [0.25, 0.3) is 0 Å². The minimum Gasteiger partial charge on any atom is -0.324 e. The number of nitrogens with one attached hydrogen (secondary N) is 2. The van der Waals surface area contributed by atoms with Gasteiger partial charge >= 0.3 is 6.03 Å². The highest BCUT2D eigenvalue weighted by Crippen LogP contribution is 2.24. The minimum absolute atomic E-state index is 0.161. The summed E-state index contributed by atoms with van der Waals surface area (Å²) in [7, 11) is 0. The Bertz CT molecular complexity index is 887. The SMILES string of the molecule is Cc1nc(C2CCN(C(=O)Nc3ncn(Cc4ccccc4)n3)C2)n[nH]1. The summed E-state index contributed by atoms with van der Waals surface area (Å²) in [6, 6.07) is 9.78. The molecule has 9 heteroatoms. The van der Waals surface area contributed by atoms with Gasteiger partial charge in [0.15, 0.2) is 5.82 Å². The molecule has 1 aromatic carbocycles. The first-order valence-corrected chi connectivity index (χ1v) is 8.55. The fourth-order valence-corrected chi connectivity index (χ4v) is 3.07. The van der Waals surface area contributed by atoms with Gasteiger partial charge < -0.3 is 4.90 Å². The maximum Gasteiger partial charge on any atom is 0.324 e. The summed E-state index contributed by atoms with van der Waals surface area (Å²) in [5, 5.41) is 14.1. The molecule has 1 aliphatic heterocycles. The van der Waals surface area contributed by atoms with Crippen LogP contribution in [0.3, 0.4) is 0 Å². The van der Waals surface area contributed by atoms with E-state index in [0.717, 1.165) is 23.6 Å². The van der Waals surface area contributed by atoms with Crippen LogP contribution in [0.5, 0.6) is 0 Å². The first kappa shape index (κ1) is 16.2. The molecule has 2 N–H and O–H groups in total. The van der Waals surface area contributed by atoms with Crippen LogP contribution in [0.1, 0.15) is 29.6 Å². The molecular weight excluding hydrogens is 332 g/mol. The van der Waals surface area contributed by atoms with Crippen LogP contribution >= 0.6 is 0 Å². The van der Waals surface area contributed by atoms with E-state index in [1.165, 1.54) is 0 Å². The number of carbonyl (C=O) groups is 1. The molecule has 9 nitrogen and oxygen atoms in total. The second-order valence-corrected chi connectivity index (χ2v) is 6.39. The zero-order valence-corrected chi connectivity index (χ0v) is 14.5. The van der Waals surface area contributed by atoms with Crippen molar-refractivity contribution in [1.82, 2.24) is 34.8 Å². The van der Waals surface area contributed by atoms with E-state index in [9.17, 15) is 4.79 Å². The zero-order valence-electron chi connectivity index (χ0n) is 14.5. The van der Waals surface area contributed by atoms with E-state index in [4.69, 9.17) is 0 Å². The number of hydrogen-bond donors (Lipinski definition) is 2. The average Bonchev–Trinajstić information content (AvgIpc) is 3.37. The summed E-state index contributed by atoms with van der Waals surface area (Å²) in [5.41, 5.74) is 1.12. The molecule has 2 amide bonds. The molecule has 1 aliphatic rings. The van der Waals surface area contributed by atoms with Crippen LogP contribution < -0.4 is 5.32 Å². The molecular formula is C17H20N8O. The highest BCUT2D eigenvalue weighted by molar-refractivity contribution is 5.87. The number of urea groups is 1. The van der Waals surface area contributed by atoms with Gasteiger partial charge in [-0.2, -0.15) is 5.10 Å². The normalized spacial score (nSPS) is 16.8. The summed E-state index contributed by atoms with van der Waals surface area (Å²) in [4.78, 5) is 22.7. The predicted molar refractivity (Wildman–Crippen MR) is 94.6 cm³/mol. The van der Waals surface area contributed by atoms with E-state index < -0.39 is 0 Å². The van der Waals surface area contributed by atoms with Crippen LogP contribution in [-0.2, 0) is 6.54 Å². The second-order valence-electron chi connectivity index (χ2n) is 6.39. The molecule has 0 bridgehead atoms. The first-order chi connectivity index (χ1) is 12.7. The Balaban J connectivity index is 1.34. The number of anilines is 1. The van der Waals surface area contributed by atoms with Crippen molar-refractivity contribution >= 4 is 12.0 Å². The number of hydrogen-bond acceptors (Lipinski definition) is 5. The third-order valence-electron chi connectivity index (χ3n) is 4.40. The molecule has 0 radical (unpaired) electrons. The molecule has 3 aromatic rings. The topological polar surface area (TPSA) is 105 Å². The Labute approximate surface area is 150 Å². The van der Waals surface area contributed by atoms with Crippen molar-refractivity contribution < 1.29 is 4.79 Å². The van der Waals surface area contributed by atoms with Crippen molar-refractivity contribution in [3.8, 4) is 0 Å². The standard InChI is InChI=1S/C17H20N8O/c1-12-19-15(22-21-12)14-7-8-24(10-14)17(26)20-16-18-11-25(23-16)9-13-5-3-2-4-6-13/h2-6,11,14H,7-10H2,1H3,(H,19,21,22)(H,20,23,26). The average molecular weight is 352 g/mol. The number of aryl methyl sites for hydroxylation is 1. The van der Waals surface area contributed by atoms with Crippen molar-refractivity contribution in [1.29, 1.82) is 0 Å². The molecule has 1 fully saturated rings. The molecule has 0 aliphatic carbocycles. The third kappa shape index (κ3) is 3.56. The van der Waals surface area contributed by atoms with Crippen molar-refractivity contribution in [2.75, 3.05) is 18.4 Å². The van der Waals surface area contributed by atoms with E-state index in [2.05, 4.69) is 30.6 Å². The smallest absolute Gasteiger partial charge is 0.324 e. The van der Waals surface area contributed by atoms with Crippen LogP contribution in [0.2, 0.25) is 0 Å². The van der Waals surface area contributed by atoms with Crippen LogP contribution in [0, 0.1) is 6.92 Å². The Hall–Kier alpha value is -3.23. The van der Waals surface area contributed by atoms with Crippen LogP contribution in [0.15, 0.2) is 36.7 Å². The number of rotatable bonds is 4. The fourth-order valence-electron chi connectivity index (χ4n) is 3.07. The van der Waals surface area contributed by atoms with Gasteiger partial charge in [0.1, 0.15) is 12.2 Å².